The van der Waals surface area contributed by atoms with Gasteiger partial charge in [-0.3, -0.25) is 4.79 Å². The molecule has 0 bridgehead atoms. The van der Waals surface area contributed by atoms with Gasteiger partial charge >= 0.3 is 5.97 Å². The molecule has 4 heteroatoms. The first-order chi connectivity index (χ1) is 4.84. The predicted molar refractivity (Wildman–Crippen MR) is 41.4 cm³/mol. The lowest BCUT2D eigenvalue weighted by atomic mass is 9.99. The Kier molecular flexibility index (Phi) is 3.10. The number of hydrogen-bond donors (Lipinski definition) is 1. The number of hydrogen-bond acceptors (Lipinski definition) is 3. The van der Waals surface area contributed by atoms with Gasteiger partial charge in [-0.1, -0.05) is 0 Å². The highest BCUT2D eigenvalue weighted by Gasteiger charge is 2.20. The van der Waals surface area contributed by atoms with E-state index in [9.17, 15) is 4.79 Å². The Labute approximate surface area is 62.8 Å². The van der Waals surface area contributed by atoms with Crippen LogP contribution in [0.15, 0.2) is 0 Å². The normalized spacial score (nSPS) is 20.5. The van der Waals surface area contributed by atoms with Crippen LogP contribution in [0.3, 0.4) is 0 Å². The van der Waals surface area contributed by atoms with Crippen molar-refractivity contribution in [3.8, 4) is 0 Å². The lowest BCUT2D eigenvalue weighted by molar-refractivity contribution is -0.138. The second kappa shape index (κ2) is 3.89. The summed E-state index contributed by atoms with van der Waals surface area (Å²) in [5.74, 6) is 0.0326. The predicted octanol–water partition coefficient (Wildman–Crippen LogP) is 0.319. The Hall–Kier alpha value is -0.140. The van der Waals surface area contributed by atoms with E-state index < -0.39 is 0 Å². The summed E-state index contributed by atoms with van der Waals surface area (Å²) >= 11 is 0. The van der Waals surface area contributed by atoms with Crippen LogP contribution in [0, 0.1) is 5.92 Å². The Morgan fingerprint density at radius 3 is 2.60 bits per heavy atom. The van der Waals surface area contributed by atoms with Crippen molar-refractivity contribution in [3.05, 3.63) is 0 Å². The minimum atomic E-state index is -0.0912. The van der Waals surface area contributed by atoms with Gasteiger partial charge in [0.1, 0.15) is 0 Å². The molecule has 0 aromatic rings. The molecule has 1 atom stereocenters. The first-order valence-electron chi connectivity index (χ1n) is 3.46. The number of carbonyl (C=O) groups excluding carboxylic acids is 1. The number of piperidine rings is 1. The molecule has 1 aliphatic rings. The van der Waals surface area contributed by atoms with Crippen LogP contribution in [-0.4, -0.2) is 19.1 Å². The summed E-state index contributed by atoms with van der Waals surface area (Å²) in [6.07, 6.45) is 1.82. The highest BCUT2D eigenvalue weighted by Crippen LogP contribution is 2.14. The first kappa shape index (κ1) is 7.96. The minimum Gasteiger partial charge on any atom is -0.451 e. The summed E-state index contributed by atoms with van der Waals surface area (Å²) in [4.78, 5) is 10.9. The van der Waals surface area contributed by atoms with Gasteiger partial charge in [0.05, 0.1) is 15.4 Å². The molecule has 1 heterocycles. The van der Waals surface area contributed by atoms with Crippen LogP contribution in [0.1, 0.15) is 12.8 Å². The highest BCUT2D eigenvalue weighted by atomic mass is 31.0. The molecule has 1 rings (SSSR count). The molecule has 1 unspecified atom stereocenters. The summed E-state index contributed by atoms with van der Waals surface area (Å²) < 4.78 is 4.54. The maximum atomic E-state index is 10.9. The van der Waals surface area contributed by atoms with Gasteiger partial charge < -0.3 is 9.84 Å². The molecule has 58 valence electrons. The average Bonchev–Trinajstić information content (AvgIpc) is 2.05. The molecule has 1 saturated heterocycles. The Morgan fingerprint density at radius 1 is 1.50 bits per heavy atom. The van der Waals surface area contributed by atoms with Gasteiger partial charge in [-0.2, -0.15) is 0 Å². The maximum Gasteiger partial charge on any atom is 0.311 e. The average molecular weight is 161 g/mol. The van der Waals surface area contributed by atoms with Gasteiger partial charge in [0.2, 0.25) is 0 Å². The van der Waals surface area contributed by atoms with Crippen molar-refractivity contribution < 1.29 is 9.32 Å². The molecule has 1 N–H and O–H groups in total. The van der Waals surface area contributed by atoms with Crippen LogP contribution in [0.2, 0.25) is 0 Å². The topological polar surface area (TPSA) is 38.3 Å². The molecule has 0 amide bonds. The summed E-state index contributed by atoms with van der Waals surface area (Å²) in [5, 5.41) is 3.18. The second-order valence-electron chi connectivity index (χ2n) is 2.46. The fourth-order valence-electron chi connectivity index (χ4n) is 1.15. The molecule has 0 saturated carbocycles. The Morgan fingerprint density at radius 2 is 2.10 bits per heavy atom. The van der Waals surface area contributed by atoms with E-state index in [1.165, 1.54) is 0 Å². The van der Waals surface area contributed by atoms with Crippen molar-refractivity contribution in [3.63, 3.8) is 0 Å². The molecule has 3 nitrogen and oxygen atoms in total. The molecule has 0 aromatic carbocycles. The van der Waals surface area contributed by atoms with Crippen LogP contribution in [0.4, 0.5) is 0 Å². The van der Waals surface area contributed by atoms with Crippen molar-refractivity contribution >= 4 is 15.4 Å². The van der Waals surface area contributed by atoms with Gasteiger partial charge in [0.25, 0.3) is 0 Å². The fourth-order valence-corrected chi connectivity index (χ4v) is 1.35. The van der Waals surface area contributed by atoms with Crippen LogP contribution in [-0.2, 0) is 9.32 Å². The van der Waals surface area contributed by atoms with Gasteiger partial charge in [-0.05, 0) is 25.9 Å². The van der Waals surface area contributed by atoms with Crippen LogP contribution in [0.25, 0.3) is 0 Å². The third-order valence-electron chi connectivity index (χ3n) is 1.79. The SMILES string of the molecule is O=C(OP)C1CCNCC1. The van der Waals surface area contributed by atoms with Crippen molar-refractivity contribution in [2.45, 2.75) is 12.8 Å². The van der Waals surface area contributed by atoms with E-state index in [0.29, 0.717) is 0 Å². The lowest BCUT2D eigenvalue weighted by Crippen LogP contribution is -2.31. The van der Waals surface area contributed by atoms with Gasteiger partial charge in [0.15, 0.2) is 0 Å². The van der Waals surface area contributed by atoms with Crippen molar-refractivity contribution in [1.29, 1.82) is 0 Å². The largest absolute Gasteiger partial charge is 0.451 e. The molecule has 0 radical (unpaired) electrons. The summed E-state index contributed by atoms with van der Waals surface area (Å²) in [5.41, 5.74) is 0. The molecule has 0 aliphatic carbocycles. The maximum absolute atomic E-state index is 10.9. The fraction of sp³-hybridized carbons (Fsp3) is 0.833. The standard InChI is InChI=1S/C6H12NO2P/c8-6(9-10)5-1-3-7-4-2-5/h5,7H,1-4,10H2. The molecule has 1 aliphatic heterocycles. The monoisotopic (exact) mass is 161 g/mol. The summed E-state index contributed by atoms with van der Waals surface area (Å²) in [7, 11) is 2.00. The molecular weight excluding hydrogens is 149 g/mol. The molecule has 1 fully saturated rings. The smallest absolute Gasteiger partial charge is 0.311 e. The number of rotatable bonds is 1. The Bertz CT molecular complexity index is 123. The van der Waals surface area contributed by atoms with E-state index in [0.717, 1.165) is 25.9 Å². The molecule has 0 aromatic heterocycles. The zero-order valence-electron chi connectivity index (χ0n) is 5.80. The van der Waals surface area contributed by atoms with E-state index in [2.05, 4.69) is 9.84 Å². The van der Waals surface area contributed by atoms with Crippen molar-refractivity contribution in [2.75, 3.05) is 13.1 Å². The molecular formula is C6H12NO2P. The quantitative estimate of drug-likeness (QED) is 0.563. The van der Waals surface area contributed by atoms with E-state index >= 15 is 0 Å². The Balaban J connectivity index is 2.31. The van der Waals surface area contributed by atoms with Crippen molar-refractivity contribution in [1.82, 2.24) is 5.32 Å². The lowest BCUT2D eigenvalue weighted by Gasteiger charge is -2.19. The van der Waals surface area contributed by atoms with E-state index in [1.807, 2.05) is 9.47 Å². The summed E-state index contributed by atoms with van der Waals surface area (Å²) in [6, 6.07) is 0. The van der Waals surface area contributed by atoms with E-state index in [-0.39, 0.29) is 11.9 Å². The third-order valence-corrected chi connectivity index (χ3v) is 2.02. The van der Waals surface area contributed by atoms with Gasteiger partial charge in [0, 0.05) is 0 Å². The van der Waals surface area contributed by atoms with Gasteiger partial charge in [-0.25, -0.2) is 0 Å². The van der Waals surface area contributed by atoms with Crippen LogP contribution in [0.5, 0.6) is 0 Å². The zero-order valence-corrected chi connectivity index (χ0v) is 6.95. The zero-order chi connectivity index (χ0) is 7.40. The van der Waals surface area contributed by atoms with E-state index in [4.69, 9.17) is 0 Å². The van der Waals surface area contributed by atoms with Gasteiger partial charge in [-0.15, -0.1) is 0 Å². The van der Waals surface area contributed by atoms with Crippen LogP contribution >= 0.6 is 9.47 Å². The summed E-state index contributed by atoms with van der Waals surface area (Å²) in [6.45, 7) is 1.87. The van der Waals surface area contributed by atoms with Crippen LogP contribution < -0.4 is 5.32 Å². The number of carbonyl (C=O) groups is 1. The first-order valence-corrected chi connectivity index (χ1v) is 3.93. The minimum absolute atomic E-state index is 0.0912. The molecule has 0 spiro atoms. The highest BCUT2D eigenvalue weighted by molar-refractivity contribution is 7.10. The van der Waals surface area contributed by atoms with E-state index in [1.54, 1.807) is 0 Å². The molecule has 10 heavy (non-hydrogen) atoms. The second-order valence-corrected chi connectivity index (χ2v) is 2.70. The van der Waals surface area contributed by atoms with Crippen molar-refractivity contribution in [2.24, 2.45) is 5.92 Å². The number of nitrogens with one attached hydrogen (secondary N) is 1. The third kappa shape index (κ3) is 1.93.